The molecule has 0 aliphatic carbocycles. The van der Waals surface area contributed by atoms with Crippen LogP contribution < -0.4 is 4.90 Å². The third kappa shape index (κ3) is 2.92. The van der Waals surface area contributed by atoms with Crippen LogP contribution in [0, 0.1) is 17.2 Å². The van der Waals surface area contributed by atoms with Crippen molar-refractivity contribution >= 4 is 17.6 Å². The normalized spacial score (nSPS) is 20.4. The minimum Gasteiger partial charge on any atom is -0.355 e. The largest absolute Gasteiger partial charge is 0.355 e. The van der Waals surface area contributed by atoms with Crippen molar-refractivity contribution in [1.82, 2.24) is 4.98 Å². The van der Waals surface area contributed by atoms with Gasteiger partial charge in [0.15, 0.2) is 0 Å². The molecule has 1 aliphatic rings. The number of hydrogen-bond donors (Lipinski definition) is 0. The lowest BCUT2D eigenvalue weighted by molar-refractivity contribution is 0.580. The van der Waals surface area contributed by atoms with Gasteiger partial charge < -0.3 is 4.90 Å². The second-order valence-electron chi connectivity index (χ2n) is 4.61. The molecule has 0 unspecified atom stereocenters. The number of nitriles is 1. The first-order valence-corrected chi connectivity index (χ1v) is 6.98. The van der Waals surface area contributed by atoms with Crippen molar-refractivity contribution in [2.75, 3.05) is 23.7 Å². The van der Waals surface area contributed by atoms with Crippen molar-refractivity contribution in [3.63, 3.8) is 0 Å². The molecule has 0 radical (unpaired) electrons. The molecule has 2 heterocycles. The van der Waals surface area contributed by atoms with Crippen LogP contribution in [0.5, 0.6) is 0 Å². The van der Waals surface area contributed by atoms with Crippen molar-refractivity contribution < 1.29 is 0 Å². The van der Waals surface area contributed by atoms with Crippen molar-refractivity contribution in [2.24, 2.45) is 5.92 Å². The highest BCUT2D eigenvalue weighted by Gasteiger charge is 2.23. The molecule has 17 heavy (non-hydrogen) atoms. The summed E-state index contributed by atoms with van der Waals surface area (Å²) in [6, 6.07) is 5.80. The summed E-state index contributed by atoms with van der Waals surface area (Å²) in [4.78, 5) is 6.66. The van der Waals surface area contributed by atoms with E-state index in [0.29, 0.717) is 16.7 Å². The minimum atomic E-state index is 0.663. The average molecular weight is 247 g/mol. The van der Waals surface area contributed by atoms with Gasteiger partial charge in [0.1, 0.15) is 5.82 Å². The topological polar surface area (TPSA) is 39.9 Å². The number of thioether (sulfide) groups is 1. The van der Waals surface area contributed by atoms with Crippen LogP contribution in [-0.4, -0.2) is 29.1 Å². The number of hydrogen-bond acceptors (Lipinski definition) is 4. The SMILES string of the molecule is CC(C)[C@H]1CN(c2cc(C#N)ccn2)CCS1. The summed E-state index contributed by atoms with van der Waals surface area (Å²) in [6.07, 6.45) is 1.72. The van der Waals surface area contributed by atoms with E-state index in [-0.39, 0.29) is 0 Å². The lowest BCUT2D eigenvalue weighted by Crippen LogP contribution is -2.40. The van der Waals surface area contributed by atoms with Gasteiger partial charge in [-0.15, -0.1) is 0 Å². The monoisotopic (exact) mass is 247 g/mol. The Kier molecular flexibility index (Phi) is 3.90. The van der Waals surface area contributed by atoms with Gasteiger partial charge in [0.25, 0.3) is 0 Å². The molecule has 0 N–H and O–H groups in total. The Hall–Kier alpha value is -1.21. The van der Waals surface area contributed by atoms with Gasteiger partial charge in [0.2, 0.25) is 0 Å². The fourth-order valence-corrected chi connectivity index (χ4v) is 3.25. The van der Waals surface area contributed by atoms with E-state index in [1.54, 1.807) is 12.3 Å². The summed E-state index contributed by atoms with van der Waals surface area (Å²) in [5.74, 6) is 2.76. The van der Waals surface area contributed by atoms with Crippen LogP contribution in [0.3, 0.4) is 0 Å². The van der Waals surface area contributed by atoms with Gasteiger partial charge in [-0.05, 0) is 18.1 Å². The Morgan fingerprint density at radius 2 is 2.41 bits per heavy atom. The number of rotatable bonds is 2. The van der Waals surface area contributed by atoms with E-state index in [0.717, 1.165) is 24.7 Å². The molecule has 1 aromatic rings. The van der Waals surface area contributed by atoms with Crippen LogP contribution in [0.1, 0.15) is 19.4 Å². The zero-order valence-corrected chi connectivity index (χ0v) is 11.1. The first-order valence-electron chi connectivity index (χ1n) is 5.93. The molecular weight excluding hydrogens is 230 g/mol. The molecule has 4 heteroatoms. The Bertz CT molecular complexity index is 425. The highest BCUT2D eigenvalue weighted by Crippen LogP contribution is 2.27. The second-order valence-corrected chi connectivity index (χ2v) is 5.96. The van der Waals surface area contributed by atoms with Gasteiger partial charge in [0.05, 0.1) is 11.6 Å². The number of pyridine rings is 1. The fourth-order valence-electron chi connectivity index (χ4n) is 1.95. The quantitative estimate of drug-likeness (QED) is 0.805. The molecule has 0 spiro atoms. The van der Waals surface area contributed by atoms with Gasteiger partial charge in [0, 0.05) is 30.3 Å². The number of aromatic nitrogens is 1. The molecule has 3 nitrogen and oxygen atoms in total. The summed E-state index contributed by atoms with van der Waals surface area (Å²) in [5.41, 5.74) is 0.689. The van der Waals surface area contributed by atoms with E-state index >= 15 is 0 Å². The zero-order valence-electron chi connectivity index (χ0n) is 10.3. The fraction of sp³-hybridized carbons (Fsp3) is 0.538. The van der Waals surface area contributed by atoms with Gasteiger partial charge in [-0.3, -0.25) is 0 Å². The van der Waals surface area contributed by atoms with E-state index in [9.17, 15) is 0 Å². The van der Waals surface area contributed by atoms with Gasteiger partial charge in [-0.25, -0.2) is 4.98 Å². The lowest BCUT2D eigenvalue weighted by Gasteiger charge is -2.35. The Morgan fingerprint density at radius 1 is 1.59 bits per heavy atom. The maximum atomic E-state index is 8.90. The molecule has 1 aliphatic heterocycles. The van der Waals surface area contributed by atoms with E-state index < -0.39 is 0 Å². The Balaban J connectivity index is 2.13. The van der Waals surface area contributed by atoms with Gasteiger partial charge >= 0.3 is 0 Å². The summed E-state index contributed by atoms with van der Waals surface area (Å²) in [7, 11) is 0. The molecule has 2 rings (SSSR count). The third-order valence-corrected chi connectivity index (χ3v) is 4.58. The lowest BCUT2D eigenvalue weighted by atomic mass is 10.1. The van der Waals surface area contributed by atoms with E-state index in [4.69, 9.17) is 5.26 Å². The highest BCUT2D eigenvalue weighted by molar-refractivity contribution is 8.00. The molecule has 1 saturated heterocycles. The van der Waals surface area contributed by atoms with Crippen LogP contribution in [0.25, 0.3) is 0 Å². The molecule has 1 aromatic heterocycles. The van der Waals surface area contributed by atoms with Gasteiger partial charge in [-0.2, -0.15) is 17.0 Å². The van der Waals surface area contributed by atoms with Crippen LogP contribution in [0.2, 0.25) is 0 Å². The maximum absolute atomic E-state index is 8.90. The van der Waals surface area contributed by atoms with Crippen molar-refractivity contribution in [1.29, 1.82) is 5.26 Å². The maximum Gasteiger partial charge on any atom is 0.129 e. The predicted octanol–water partition coefficient (Wildman–Crippen LogP) is 2.53. The average Bonchev–Trinajstić information content (AvgIpc) is 2.39. The number of nitrogens with zero attached hydrogens (tertiary/aromatic N) is 3. The molecule has 1 fully saturated rings. The third-order valence-electron chi connectivity index (χ3n) is 3.04. The molecule has 1 atom stereocenters. The first-order chi connectivity index (χ1) is 8.20. The molecule has 0 bridgehead atoms. The molecular formula is C13H17N3S. The van der Waals surface area contributed by atoms with E-state index in [2.05, 4.69) is 29.8 Å². The van der Waals surface area contributed by atoms with Crippen molar-refractivity contribution in [3.8, 4) is 6.07 Å². The van der Waals surface area contributed by atoms with Crippen LogP contribution >= 0.6 is 11.8 Å². The van der Waals surface area contributed by atoms with Gasteiger partial charge in [-0.1, -0.05) is 13.8 Å². The van der Waals surface area contributed by atoms with Crippen molar-refractivity contribution in [2.45, 2.75) is 19.1 Å². The molecule has 0 aromatic carbocycles. The van der Waals surface area contributed by atoms with E-state index in [1.807, 2.05) is 17.8 Å². The highest BCUT2D eigenvalue weighted by atomic mass is 32.2. The standard InChI is InChI=1S/C13H17N3S/c1-10(2)12-9-16(5-6-17-12)13-7-11(8-14)3-4-15-13/h3-4,7,10,12H,5-6,9H2,1-2H3/t12-/m1/s1. The number of anilines is 1. The summed E-state index contributed by atoms with van der Waals surface area (Å²) in [6.45, 7) is 6.58. The summed E-state index contributed by atoms with van der Waals surface area (Å²) in [5, 5.41) is 9.56. The summed E-state index contributed by atoms with van der Waals surface area (Å²) < 4.78 is 0. The second kappa shape index (κ2) is 5.42. The minimum absolute atomic E-state index is 0.663. The predicted molar refractivity (Wildman–Crippen MR) is 72.2 cm³/mol. The summed E-state index contributed by atoms with van der Waals surface area (Å²) >= 11 is 2.05. The first kappa shape index (κ1) is 12.3. The van der Waals surface area contributed by atoms with Crippen LogP contribution in [0.15, 0.2) is 18.3 Å². The zero-order chi connectivity index (χ0) is 12.3. The smallest absolute Gasteiger partial charge is 0.129 e. The van der Waals surface area contributed by atoms with Crippen molar-refractivity contribution in [3.05, 3.63) is 23.9 Å². The van der Waals surface area contributed by atoms with E-state index in [1.165, 1.54) is 0 Å². The molecule has 0 amide bonds. The van der Waals surface area contributed by atoms with Crippen LogP contribution in [-0.2, 0) is 0 Å². The molecule has 90 valence electrons. The Labute approximate surface area is 107 Å². The van der Waals surface area contributed by atoms with Crippen LogP contribution in [0.4, 0.5) is 5.82 Å². The Morgan fingerprint density at radius 3 is 3.12 bits per heavy atom. The molecule has 0 saturated carbocycles.